The fourth-order valence-corrected chi connectivity index (χ4v) is 4.77. The quantitative estimate of drug-likeness (QED) is 0.251. The van der Waals surface area contributed by atoms with Crippen molar-refractivity contribution in [2.75, 3.05) is 0 Å². The molecule has 1 aromatic heterocycles. The number of amides is 2. The first kappa shape index (κ1) is 17.8. The van der Waals surface area contributed by atoms with Gasteiger partial charge in [0.25, 0.3) is 17.5 Å². The van der Waals surface area contributed by atoms with Crippen LogP contribution in [0.3, 0.4) is 0 Å². The Morgan fingerprint density at radius 1 is 1.14 bits per heavy atom. The number of fused-ring (bicyclic) bond motifs is 5. The molecular formula is C20H14ClN3O5. The highest BCUT2D eigenvalue weighted by Gasteiger charge is 2.59. The fourth-order valence-electron chi connectivity index (χ4n) is 4.50. The topological polar surface area (TPSA) is 106 Å². The van der Waals surface area contributed by atoms with E-state index in [9.17, 15) is 19.7 Å². The van der Waals surface area contributed by atoms with Crippen LogP contribution in [0, 0.1) is 33.8 Å². The second-order valence-electron chi connectivity index (χ2n) is 7.36. The van der Waals surface area contributed by atoms with Gasteiger partial charge < -0.3 is 4.42 Å². The number of benzene rings is 1. The molecule has 2 fully saturated rings. The maximum absolute atomic E-state index is 12.6. The molecule has 2 aromatic rings. The van der Waals surface area contributed by atoms with Crippen molar-refractivity contribution in [1.82, 2.24) is 5.01 Å². The number of furan rings is 1. The largest absolute Gasteiger partial charge is 0.455 e. The van der Waals surface area contributed by atoms with Gasteiger partial charge in [0.1, 0.15) is 11.5 Å². The van der Waals surface area contributed by atoms with E-state index in [4.69, 9.17) is 16.0 Å². The highest BCUT2D eigenvalue weighted by molar-refractivity contribution is 6.33. The van der Waals surface area contributed by atoms with Crippen molar-refractivity contribution in [2.45, 2.75) is 6.42 Å². The zero-order valence-electron chi connectivity index (χ0n) is 14.9. The van der Waals surface area contributed by atoms with Gasteiger partial charge in [0, 0.05) is 17.7 Å². The number of carbonyl (C=O) groups is 2. The van der Waals surface area contributed by atoms with E-state index < -0.39 is 4.92 Å². The van der Waals surface area contributed by atoms with Gasteiger partial charge in [-0.25, -0.2) is 0 Å². The minimum atomic E-state index is -0.531. The van der Waals surface area contributed by atoms with E-state index in [2.05, 4.69) is 5.10 Å². The minimum Gasteiger partial charge on any atom is -0.455 e. The molecule has 9 heteroatoms. The van der Waals surface area contributed by atoms with E-state index in [1.165, 1.54) is 24.4 Å². The summed E-state index contributed by atoms with van der Waals surface area (Å²) in [6.07, 6.45) is 6.23. The number of non-ortho nitro benzene ring substituents is 1. The number of hydrogen-bond donors (Lipinski definition) is 0. The van der Waals surface area contributed by atoms with Gasteiger partial charge in [-0.1, -0.05) is 23.8 Å². The van der Waals surface area contributed by atoms with Gasteiger partial charge in [-0.05, 0) is 36.5 Å². The highest BCUT2D eigenvalue weighted by Crippen LogP contribution is 2.52. The number of nitrogens with zero attached hydrogens (tertiary/aromatic N) is 3. The summed E-state index contributed by atoms with van der Waals surface area (Å²) in [5.41, 5.74) is 0.370. The first-order valence-electron chi connectivity index (χ1n) is 9.08. The second kappa shape index (κ2) is 6.38. The molecule has 1 aromatic carbocycles. The van der Waals surface area contributed by atoms with Gasteiger partial charge >= 0.3 is 0 Å². The molecule has 0 unspecified atom stereocenters. The van der Waals surface area contributed by atoms with E-state index in [0.717, 1.165) is 11.4 Å². The molecular weight excluding hydrogens is 398 g/mol. The Morgan fingerprint density at radius 2 is 1.83 bits per heavy atom. The Kier molecular flexibility index (Phi) is 3.92. The summed E-state index contributed by atoms with van der Waals surface area (Å²) in [6.45, 7) is 0. The van der Waals surface area contributed by atoms with E-state index in [1.807, 2.05) is 12.2 Å². The number of nitro benzene ring substituents is 1. The van der Waals surface area contributed by atoms with Crippen LogP contribution >= 0.6 is 11.6 Å². The first-order valence-corrected chi connectivity index (χ1v) is 9.46. The van der Waals surface area contributed by atoms with Crippen molar-refractivity contribution in [3.63, 3.8) is 0 Å². The molecule has 2 bridgehead atoms. The van der Waals surface area contributed by atoms with E-state index in [0.29, 0.717) is 17.1 Å². The van der Waals surface area contributed by atoms with Crippen LogP contribution in [0.4, 0.5) is 5.69 Å². The predicted octanol–water partition coefficient (Wildman–Crippen LogP) is 3.65. The van der Waals surface area contributed by atoms with Crippen molar-refractivity contribution in [3.05, 3.63) is 63.4 Å². The molecule has 4 atom stereocenters. The van der Waals surface area contributed by atoms with Crippen LogP contribution in [0.5, 0.6) is 0 Å². The van der Waals surface area contributed by atoms with Crippen molar-refractivity contribution in [2.24, 2.45) is 28.8 Å². The number of rotatable bonds is 4. The third-order valence-electron chi connectivity index (χ3n) is 5.80. The highest BCUT2D eigenvalue weighted by atomic mass is 35.5. The lowest BCUT2D eigenvalue weighted by Crippen LogP contribution is -2.28. The lowest BCUT2D eigenvalue weighted by atomic mass is 9.85. The predicted molar refractivity (Wildman–Crippen MR) is 103 cm³/mol. The monoisotopic (exact) mass is 411 g/mol. The van der Waals surface area contributed by atoms with Crippen LogP contribution in [0.25, 0.3) is 11.3 Å². The molecule has 1 aliphatic heterocycles. The zero-order valence-corrected chi connectivity index (χ0v) is 15.7. The van der Waals surface area contributed by atoms with Crippen molar-refractivity contribution >= 4 is 35.3 Å². The number of hydrogen-bond acceptors (Lipinski definition) is 6. The van der Waals surface area contributed by atoms with Gasteiger partial charge in [0.2, 0.25) is 0 Å². The first-order chi connectivity index (χ1) is 13.9. The molecule has 29 heavy (non-hydrogen) atoms. The molecule has 2 amide bonds. The van der Waals surface area contributed by atoms with Crippen LogP contribution in [-0.4, -0.2) is 28.0 Å². The van der Waals surface area contributed by atoms with Crippen LogP contribution < -0.4 is 0 Å². The maximum atomic E-state index is 12.6. The molecule has 1 saturated heterocycles. The SMILES string of the molecule is O=C1[C@@H]2[C@@H](C(=O)N1/N=C\c1ccc(-c3ccc([N+](=O)[O-])cc3Cl)o1)[C@H]1C=C[C@H]2C1. The Bertz CT molecular complexity index is 1090. The third kappa shape index (κ3) is 2.71. The lowest BCUT2D eigenvalue weighted by Gasteiger charge is -2.13. The van der Waals surface area contributed by atoms with Gasteiger partial charge in [0.05, 0.1) is 28.0 Å². The Morgan fingerprint density at radius 3 is 2.45 bits per heavy atom. The number of imide groups is 1. The molecule has 0 radical (unpaired) electrons. The number of hydrazone groups is 1. The lowest BCUT2D eigenvalue weighted by molar-refractivity contribution is -0.384. The van der Waals surface area contributed by atoms with Gasteiger partial charge in [0.15, 0.2) is 0 Å². The van der Waals surface area contributed by atoms with Gasteiger partial charge in [-0.3, -0.25) is 19.7 Å². The third-order valence-corrected chi connectivity index (χ3v) is 6.12. The Labute approximate surface area is 169 Å². The zero-order chi connectivity index (χ0) is 20.3. The normalized spacial score (nSPS) is 27.4. The maximum Gasteiger partial charge on any atom is 0.270 e. The van der Waals surface area contributed by atoms with Gasteiger partial charge in [-0.2, -0.15) is 10.1 Å². The molecule has 0 spiro atoms. The van der Waals surface area contributed by atoms with Crippen molar-refractivity contribution in [1.29, 1.82) is 0 Å². The van der Waals surface area contributed by atoms with Crippen LogP contribution in [-0.2, 0) is 9.59 Å². The van der Waals surface area contributed by atoms with E-state index in [-0.39, 0.29) is 46.2 Å². The number of halogens is 1. The number of nitro groups is 1. The summed E-state index contributed by atoms with van der Waals surface area (Å²) >= 11 is 6.12. The minimum absolute atomic E-state index is 0.118. The number of allylic oxidation sites excluding steroid dienone is 2. The molecule has 5 rings (SSSR count). The summed E-state index contributed by atoms with van der Waals surface area (Å²) in [6, 6.07) is 7.34. The van der Waals surface area contributed by atoms with Crippen LogP contribution in [0.15, 0.2) is 52.0 Å². The number of carbonyl (C=O) groups excluding carboxylic acids is 2. The molecule has 146 valence electrons. The van der Waals surface area contributed by atoms with E-state index in [1.54, 1.807) is 12.1 Å². The summed E-state index contributed by atoms with van der Waals surface area (Å²) in [7, 11) is 0. The second-order valence-corrected chi connectivity index (χ2v) is 7.76. The summed E-state index contributed by atoms with van der Waals surface area (Å²) in [4.78, 5) is 35.5. The molecule has 1 saturated carbocycles. The van der Waals surface area contributed by atoms with Crippen molar-refractivity contribution in [3.8, 4) is 11.3 Å². The Balaban J connectivity index is 1.36. The summed E-state index contributed by atoms with van der Waals surface area (Å²) in [5.74, 6) is -0.168. The van der Waals surface area contributed by atoms with Crippen molar-refractivity contribution < 1.29 is 18.9 Å². The molecule has 3 aliphatic rings. The summed E-state index contributed by atoms with van der Waals surface area (Å²) < 4.78 is 5.66. The van der Waals surface area contributed by atoms with Crippen LogP contribution in [0.2, 0.25) is 5.02 Å². The average molecular weight is 412 g/mol. The molecule has 2 aliphatic carbocycles. The van der Waals surface area contributed by atoms with Gasteiger partial charge in [-0.15, -0.1) is 0 Å². The van der Waals surface area contributed by atoms with Crippen LogP contribution in [0.1, 0.15) is 12.2 Å². The van der Waals surface area contributed by atoms with E-state index >= 15 is 0 Å². The molecule has 2 heterocycles. The fraction of sp³-hybridized carbons (Fsp3) is 0.250. The molecule has 8 nitrogen and oxygen atoms in total. The smallest absolute Gasteiger partial charge is 0.270 e. The standard InChI is InChI=1S/C20H14ClN3O5/c21-15-8-12(24(27)28)3-5-14(15)16-6-4-13(29-16)9-22-23-19(25)17-10-1-2-11(7-10)18(17)20(23)26/h1-6,8-11,17-18H,7H2/b22-9-/t10-,11-,17-,18-/m0/s1. The average Bonchev–Trinajstić information content (AvgIpc) is 3.46. The summed E-state index contributed by atoms with van der Waals surface area (Å²) in [5, 5.41) is 16.0. The molecule has 0 N–H and O–H groups in total. The Hall–Kier alpha value is -3.26.